The summed E-state index contributed by atoms with van der Waals surface area (Å²) in [5.41, 5.74) is 12.9. The van der Waals surface area contributed by atoms with Crippen LogP contribution in [0.2, 0.25) is 0 Å². The summed E-state index contributed by atoms with van der Waals surface area (Å²) in [6, 6.07) is 63.0. The van der Waals surface area contributed by atoms with Crippen LogP contribution in [0.4, 0.5) is 0 Å². The molecule has 0 saturated carbocycles. The zero-order chi connectivity index (χ0) is 34.5. The third kappa shape index (κ3) is 5.49. The van der Waals surface area contributed by atoms with E-state index in [9.17, 15) is 0 Å². The first-order valence-electron chi connectivity index (χ1n) is 18.2. The van der Waals surface area contributed by atoms with E-state index in [4.69, 9.17) is 0 Å². The van der Waals surface area contributed by atoms with Crippen LogP contribution in [0.3, 0.4) is 0 Å². The minimum atomic E-state index is 0.434. The smallest absolute Gasteiger partial charge is 0.00613 e. The van der Waals surface area contributed by atoms with Crippen molar-refractivity contribution in [3.05, 3.63) is 181 Å². The lowest BCUT2D eigenvalue weighted by Gasteiger charge is -2.23. The molecule has 0 aliphatic carbocycles. The molecular weight excluding hydrogens is 613 g/mol. The second-order valence-corrected chi connectivity index (χ2v) is 14.1. The molecule has 0 radical (unpaired) electrons. The number of fused-ring (bicyclic) bond motifs is 5. The molecule has 0 aliphatic rings. The largest absolute Gasteiger partial charge is 0.0648 e. The van der Waals surface area contributed by atoms with Crippen molar-refractivity contribution in [3.8, 4) is 44.5 Å². The first kappa shape index (κ1) is 31.0. The zero-order valence-electron chi connectivity index (χ0n) is 29.5. The summed E-state index contributed by atoms with van der Waals surface area (Å²) >= 11 is 0. The molecule has 9 aromatic rings. The summed E-state index contributed by atoms with van der Waals surface area (Å²) in [5.74, 6) is 0.434. The third-order valence-corrected chi connectivity index (χ3v) is 11.1. The van der Waals surface area contributed by atoms with Crippen LogP contribution in [0.1, 0.15) is 37.3 Å². The third-order valence-electron chi connectivity index (χ3n) is 11.1. The maximum absolute atomic E-state index is 2.43. The fourth-order valence-electron chi connectivity index (χ4n) is 8.07. The van der Waals surface area contributed by atoms with Crippen LogP contribution in [0.15, 0.2) is 170 Å². The Bertz CT molecular complexity index is 2750. The molecule has 0 heterocycles. The monoisotopic (exact) mass is 652 g/mol. The van der Waals surface area contributed by atoms with Crippen molar-refractivity contribution < 1.29 is 0 Å². The first-order chi connectivity index (χ1) is 25.1. The highest BCUT2D eigenvalue weighted by molar-refractivity contribution is 6.16. The van der Waals surface area contributed by atoms with Crippen LogP contribution in [-0.2, 0) is 0 Å². The highest BCUT2D eigenvalue weighted by Gasteiger charge is 2.21. The first-order valence-corrected chi connectivity index (χ1v) is 18.2. The summed E-state index contributed by atoms with van der Waals surface area (Å²) < 4.78 is 0. The second kappa shape index (κ2) is 12.7. The van der Waals surface area contributed by atoms with E-state index < -0.39 is 0 Å². The van der Waals surface area contributed by atoms with Gasteiger partial charge in [-0.15, -0.1) is 0 Å². The van der Waals surface area contributed by atoms with Crippen molar-refractivity contribution in [2.75, 3.05) is 0 Å². The minimum Gasteiger partial charge on any atom is -0.0648 e. The number of aryl methyl sites for hydroxylation is 1. The molecule has 1 atom stereocenters. The number of hydrogen-bond acceptors (Lipinski definition) is 0. The van der Waals surface area contributed by atoms with Gasteiger partial charge in [0.15, 0.2) is 0 Å². The van der Waals surface area contributed by atoms with E-state index in [-0.39, 0.29) is 0 Å². The van der Waals surface area contributed by atoms with Crippen molar-refractivity contribution in [2.45, 2.75) is 33.1 Å². The Balaban J connectivity index is 1.07. The fourth-order valence-corrected chi connectivity index (χ4v) is 8.07. The molecule has 9 rings (SSSR count). The van der Waals surface area contributed by atoms with E-state index in [0.717, 1.165) is 6.42 Å². The molecule has 0 fully saturated rings. The van der Waals surface area contributed by atoms with Gasteiger partial charge in [0.25, 0.3) is 0 Å². The highest BCUT2D eigenvalue weighted by atomic mass is 14.2. The van der Waals surface area contributed by atoms with Gasteiger partial charge in [0, 0.05) is 0 Å². The summed E-state index contributed by atoms with van der Waals surface area (Å²) in [6.07, 6.45) is 1.09. The van der Waals surface area contributed by atoms with Gasteiger partial charge in [-0.2, -0.15) is 0 Å². The zero-order valence-corrected chi connectivity index (χ0v) is 29.5. The molecule has 1 unspecified atom stereocenters. The Kier molecular flexibility index (Phi) is 7.74. The van der Waals surface area contributed by atoms with E-state index in [1.807, 2.05) is 0 Å². The van der Waals surface area contributed by atoms with E-state index in [1.165, 1.54) is 98.7 Å². The van der Waals surface area contributed by atoms with Gasteiger partial charge in [-0.25, -0.2) is 0 Å². The summed E-state index contributed by atoms with van der Waals surface area (Å²) in [7, 11) is 0. The van der Waals surface area contributed by atoms with E-state index in [2.05, 4.69) is 191 Å². The molecule has 0 saturated heterocycles. The van der Waals surface area contributed by atoms with Crippen molar-refractivity contribution in [1.29, 1.82) is 0 Å². The van der Waals surface area contributed by atoms with Crippen LogP contribution < -0.4 is 0 Å². The maximum atomic E-state index is 2.43. The second-order valence-electron chi connectivity index (χ2n) is 14.1. The van der Waals surface area contributed by atoms with Crippen LogP contribution >= 0.6 is 0 Å². The van der Waals surface area contributed by atoms with Gasteiger partial charge >= 0.3 is 0 Å². The summed E-state index contributed by atoms with van der Waals surface area (Å²) in [4.78, 5) is 0. The molecule has 0 aliphatic heterocycles. The van der Waals surface area contributed by atoms with Crippen LogP contribution in [0.5, 0.6) is 0 Å². The van der Waals surface area contributed by atoms with E-state index in [1.54, 1.807) is 0 Å². The molecule has 244 valence electrons. The van der Waals surface area contributed by atoms with Crippen LogP contribution in [-0.4, -0.2) is 0 Å². The molecule has 51 heavy (non-hydrogen) atoms. The summed E-state index contributed by atoms with van der Waals surface area (Å²) in [5, 5.41) is 10.4. The molecule has 0 amide bonds. The van der Waals surface area contributed by atoms with Crippen molar-refractivity contribution >= 4 is 43.1 Å². The number of benzene rings is 9. The van der Waals surface area contributed by atoms with E-state index >= 15 is 0 Å². The molecule has 0 spiro atoms. The van der Waals surface area contributed by atoms with Crippen molar-refractivity contribution in [3.63, 3.8) is 0 Å². The number of rotatable bonds is 6. The van der Waals surface area contributed by atoms with Gasteiger partial charge in [-0.1, -0.05) is 159 Å². The Labute approximate surface area is 300 Å². The van der Waals surface area contributed by atoms with Crippen molar-refractivity contribution in [2.24, 2.45) is 0 Å². The predicted molar refractivity (Wildman–Crippen MR) is 222 cm³/mol. The SMILES string of the molecule is CCC(C)c1c(-c2cc(-c3ccc(-c4ccc5cc(-c6ccc7ccccc7c6)ccc5c4)cc3)ccc2C)c2ccccc2c2ccccc12. The molecular formula is C51H40. The fraction of sp³-hybridized carbons (Fsp3) is 0.0980. The standard InChI is InChI=1S/C51H40/c1-4-33(2)50-47-15-9-7-13-45(47)46-14-8-10-16-48(46)51(50)49-32-44(18-17-34(49)3)37-21-19-36(20-22-37)39-25-26-42-31-43(28-27-41(42)30-39)40-24-23-35-11-5-6-12-38(35)29-40/h5-33H,4H2,1-3H3. The normalized spacial score (nSPS) is 12.2. The lowest BCUT2D eigenvalue weighted by atomic mass is 9.80. The molecule has 9 aromatic carbocycles. The number of hydrogen-bond donors (Lipinski definition) is 0. The molecule has 0 bridgehead atoms. The Morgan fingerprint density at radius 3 is 1.41 bits per heavy atom. The topological polar surface area (TPSA) is 0 Å². The van der Waals surface area contributed by atoms with Gasteiger partial charge in [-0.3, -0.25) is 0 Å². The lowest BCUT2D eigenvalue weighted by molar-refractivity contribution is 0.742. The quantitative estimate of drug-likeness (QED) is 0.157. The van der Waals surface area contributed by atoms with Gasteiger partial charge in [0.1, 0.15) is 0 Å². The van der Waals surface area contributed by atoms with Gasteiger partial charge in [0.2, 0.25) is 0 Å². The Morgan fingerprint density at radius 2 is 0.804 bits per heavy atom. The Hall–Kier alpha value is -5.98. The highest BCUT2D eigenvalue weighted by Crippen LogP contribution is 2.45. The van der Waals surface area contributed by atoms with Crippen LogP contribution in [0.25, 0.3) is 87.6 Å². The predicted octanol–water partition coefficient (Wildman–Crippen LogP) is 14.8. The van der Waals surface area contributed by atoms with E-state index in [0.29, 0.717) is 5.92 Å². The average molecular weight is 653 g/mol. The maximum Gasteiger partial charge on any atom is -0.00613 e. The van der Waals surface area contributed by atoms with Crippen molar-refractivity contribution in [1.82, 2.24) is 0 Å². The molecule has 0 nitrogen and oxygen atoms in total. The lowest BCUT2D eigenvalue weighted by Crippen LogP contribution is -2.00. The average Bonchev–Trinajstić information content (AvgIpc) is 3.20. The molecule has 0 N–H and O–H groups in total. The van der Waals surface area contributed by atoms with Gasteiger partial charge in [0.05, 0.1) is 0 Å². The minimum absolute atomic E-state index is 0.434. The van der Waals surface area contributed by atoms with Crippen LogP contribution in [0, 0.1) is 6.92 Å². The summed E-state index contributed by atoms with van der Waals surface area (Å²) in [6.45, 7) is 6.95. The van der Waals surface area contributed by atoms with Gasteiger partial charge in [-0.05, 0) is 142 Å². The Morgan fingerprint density at radius 1 is 0.392 bits per heavy atom. The molecule has 0 aromatic heterocycles. The molecule has 0 heteroatoms. The van der Waals surface area contributed by atoms with Gasteiger partial charge < -0.3 is 0 Å².